The minimum absolute atomic E-state index is 0.0969. The minimum Gasteiger partial charge on any atom is -0.456 e. The molecule has 0 saturated heterocycles. The molecule has 0 bridgehead atoms. The zero-order chi connectivity index (χ0) is 27.3. The van der Waals surface area contributed by atoms with Crippen molar-refractivity contribution in [2.45, 2.75) is 19.3 Å². The molecule has 1 aliphatic carbocycles. The molecule has 0 fully saturated rings. The van der Waals surface area contributed by atoms with E-state index >= 15 is 0 Å². The zero-order valence-electron chi connectivity index (χ0n) is 23.0. The highest BCUT2D eigenvalue weighted by atomic mass is 16.3. The molecule has 0 amide bonds. The summed E-state index contributed by atoms with van der Waals surface area (Å²) in [6.45, 7) is 4.75. The van der Waals surface area contributed by atoms with E-state index in [9.17, 15) is 0 Å². The summed E-state index contributed by atoms with van der Waals surface area (Å²) in [6.07, 6.45) is 0. The van der Waals surface area contributed by atoms with Gasteiger partial charge in [0.25, 0.3) is 0 Å². The van der Waals surface area contributed by atoms with Crippen molar-refractivity contribution >= 4 is 43.7 Å². The third kappa shape index (κ3) is 3.02. The molecular formula is C39H27NO. The van der Waals surface area contributed by atoms with Crippen molar-refractivity contribution in [1.29, 1.82) is 0 Å². The molecule has 8 aromatic rings. The average Bonchev–Trinajstić information content (AvgIpc) is 3.63. The van der Waals surface area contributed by atoms with Gasteiger partial charge >= 0.3 is 0 Å². The second kappa shape index (κ2) is 7.99. The summed E-state index contributed by atoms with van der Waals surface area (Å²) in [5.41, 5.74) is 13.4. The third-order valence-electron chi connectivity index (χ3n) is 9.19. The van der Waals surface area contributed by atoms with Crippen LogP contribution in [0, 0.1) is 0 Å². The van der Waals surface area contributed by atoms with Gasteiger partial charge in [-0.3, -0.25) is 0 Å². The quantitative estimate of drug-likeness (QED) is 0.219. The molecule has 2 nitrogen and oxygen atoms in total. The monoisotopic (exact) mass is 525 g/mol. The van der Waals surface area contributed by atoms with Crippen LogP contribution in [0.3, 0.4) is 0 Å². The van der Waals surface area contributed by atoms with E-state index < -0.39 is 0 Å². The Labute approximate surface area is 238 Å². The van der Waals surface area contributed by atoms with Gasteiger partial charge < -0.3 is 8.98 Å². The molecule has 0 atom stereocenters. The van der Waals surface area contributed by atoms with Crippen LogP contribution in [-0.2, 0) is 5.41 Å². The van der Waals surface area contributed by atoms with Crippen LogP contribution in [0.4, 0.5) is 0 Å². The standard InChI is InChI=1S/C39H27NO/c1-39(2)33-12-6-3-9-27(33)30-20-21-31-28-10-4-7-13-34(28)40(38(31)37(30)39)26-18-15-24(16-19-26)25-17-22-36-32(23-25)29-11-5-8-14-35(29)41-36/h3-23H,1-2H3. The lowest BCUT2D eigenvalue weighted by Gasteiger charge is -2.23. The molecule has 0 aliphatic heterocycles. The lowest BCUT2D eigenvalue weighted by atomic mass is 9.81. The number of rotatable bonds is 2. The normalized spacial score (nSPS) is 13.8. The second-order valence-corrected chi connectivity index (χ2v) is 11.8. The first-order valence-electron chi connectivity index (χ1n) is 14.3. The summed E-state index contributed by atoms with van der Waals surface area (Å²) in [5.74, 6) is 0. The summed E-state index contributed by atoms with van der Waals surface area (Å²) >= 11 is 0. The molecule has 41 heavy (non-hydrogen) atoms. The molecule has 0 spiro atoms. The Balaban J connectivity index is 1.26. The first-order valence-corrected chi connectivity index (χ1v) is 14.3. The van der Waals surface area contributed by atoms with Gasteiger partial charge in [0.1, 0.15) is 11.2 Å². The number of para-hydroxylation sites is 2. The SMILES string of the molecule is CC1(C)c2ccccc2-c2ccc3c4ccccc4n(-c4ccc(-c5ccc6oc7ccccc7c6c5)cc4)c3c21. The van der Waals surface area contributed by atoms with E-state index in [1.54, 1.807) is 0 Å². The van der Waals surface area contributed by atoms with E-state index in [1.807, 2.05) is 12.1 Å². The number of aromatic nitrogens is 1. The number of fused-ring (bicyclic) bond motifs is 10. The summed E-state index contributed by atoms with van der Waals surface area (Å²) < 4.78 is 8.55. The summed E-state index contributed by atoms with van der Waals surface area (Å²) in [6, 6.07) is 46.2. The van der Waals surface area contributed by atoms with Gasteiger partial charge in [0.15, 0.2) is 0 Å². The smallest absolute Gasteiger partial charge is 0.135 e. The molecular weight excluding hydrogens is 498 g/mol. The molecule has 0 radical (unpaired) electrons. The lowest BCUT2D eigenvalue weighted by Crippen LogP contribution is -2.16. The van der Waals surface area contributed by atoms with Gasteiger partial charge in [-0.25, -0.2) is 0 Å². The van der Waals surface area contributed by atoms with Crippen molar-refractivity contribution in [3.63, 3.8) is 0 Å². The van der Waals surface area contributed by atoms with Gasteiger partial charge in [-0.2, -0.15) is 0 Å². The number of furan rings is 1. The Morgan fingerprint density at radius 1 is 0.537 bits per heavy atom. The van der Waals surface area contributed by atoms with Gasteiger partial charge in [0.05, 0.1) is 11.0 Å². The van der Waals surface area contributed by atoms with Crippen LogP contribution in [0.25, 0.3) is 71.7 Å². The van der Waals surface area contributed by atoms with E-state index in [-0.39, 0.29) is 5.41 Å². The maximum atomic E-state index is 6.07. The molecule has 9 rings (SSSR count). The summed E-state index contributed by atoms with van der Waals surface area (Å²) in [4.78, 5) is 0. The first-order chi connectivity index (χ1) is 20.1. The Hall–Kier alpha value is -5.08. The highest BCUT2D eigenvalue weighted by molar-refractivity contribution is 6.13. The Kier molecular flexibility index (Phi) is 4.42. The van der Waals surface area contributed by atoms with Gasteiger partial charge in [-0.15, -0.1) is 0 Å². The molecule has 0 N–H and O–H groups in total. The highest BCUT2D eigenvalue weighted by Gasteiger charge is 2.38. The fourth-order valence-electron chi connectivity index (χ4n) is 7.29. The fraction of sp³-hybridized carbons (Fsp3) is 0.0769. The Morgan fingerprint density at radius 3 is 2.12 bits per heavy atom. The van der Waals surface area contributed by atoms with E-state index in [0.717, 1.165) is 21.9 Å². The van der Waals surface area contributed by atoms with Gasteiger partial charge in [-0.05, 0) is 69.8 Å². The zero-order valence-corrected chi connectivity index (χ0v) is 23.0. The van der Waals surface area contributed by atoms with Crippen molar-refractivity contribution in [2.24, 2.45) is 0 Å². The predicted octanol–water partition coefficient (Wildman–Crippen LogP) is 10.7. The topological polar surface area (TPSA) is 18.1 Å². The van der Waals surface area contributed by atoms with Crippen molar-refractivity contribution in [2.75, 3.05) is 0 Å². The van der Waals surface area contributed by atoms with Crippen LogP contribution in [0.2, 0.25) is 0 Å². The van der Waals surface area contributed by atoms with Crippen molar-refractivity contribution in [3.8, 4) is 27.9 Å². The van der Waals surface area contributed by atoms with Crippen LogP contribution in [0.1, 0.15) is 25.0 Å². The van der Waals surface area contributed by atoms with Crippen molar-refractivity contribution in [3.05, 3.63) is 139 Å². The fourth-order valence-corrected chi connectivity index (χ4v) is 7.29. The van der Waals surface area contributed by atoms with Gasteiger partial charge in [0, 0.05) is 32.6 Å². The van der Waals surface area contributed by atoms with Crippen LogP contribution in [0.15, 0.2) is 132 Å². The number of benzene rings is 6. The molecule has 2 heteroatoms. The molecule has 0 unspecified atom stereocenters. The van der Waals surface area contributed by atoms with Crippen molar-refractivity contribution in [1.82, 2.24) is 4.57 Å². The lowest BCUT2D eigenvalue weighted by molar-refractivity contribution is 0.664. The van der Waals surface area contributed by atoms with Crippen LogP contribution < -0.4 is 0 Å². The number of hydrogen-bond donors (Lipinski definition) is 0. The number of nitrogens with zero attached hydrogens (tertiary/aromatic N) is 1. The second-order valence-electron chi connectivity index (χ2n) is 11.8. The van der Waals surface area contributed by atoms with E-state index in [2.05, 4.69) is 134 Å². The third-order valence-corrected chi connectivity index (χ3v) is 9.19. The van der Waals surface area contributed by atoms with E-state index in [0.29, 0.717) is 0 Å². The molecule has 6 aromatic carbocycles. The summed E-state index contributed by atoms with van der Waals surface area (Å²) in [5, 5.41) is 4.91. The molecule has 2 aromatic heterocycles. The highest BCUT2D eigenvalue weighted by Crippen LogP contribution is 2.52. The Bertz CT molecular complexity index is 2330. The summed E-state index contributed by atoms with van der Waals surface area (Å²) in [7, 11) is 0. The number of hydrogen-bond acceptors (Lipinski definition) is 1. The van der Waals surface area contributed by atoms with E-state index in [1.165, 1.54) is 60.9 Å². The van der Waals surface area contributed by atoms with Crippen molar-refractivity contribution < 1.29 is 4.42 Å². The molecule has 0 saturated carbocycles. The minimum atomic E-state index is -0.0969. The maximum Gasteiger partial charge on any atom is 0.135 e. The van der Waals surface area contributed by atoms with Gasteiger partial charge in [-0.1, -0.05) is 105 Å². The average molecular weight is 526 g/mol. The van der Waals surface area contributed by atoms with Gasteiger partial charge in [0.2, 0.25) is 0 Å². The van der Waals surface area contributed by atoms with Crippen LogP contribution in [-0.4, -0.2) is 4.57 Å². The first kappa shape index (κ1) is 22.7. The maximum absolute atomic E-state index is 6.07. The Morgan fingerprint density at radius 2 is 1.24 bits per heavy atom. The van der Waals surface area contributed by atoms with Crippen LogP contribution in [0.5, 0.6) is 0 Å². The van der Waals surface area contributed by atoms with Crippen LogP contribution >= 0.6 is 0 Å². The largest absolute Gasteiger partial charge is 0.456 e. The molecule has 1 aliphatic rings. The van der Waals surface area contributed by atoms with E-state index in [4.69, 9.17) is 4.42 Å². The molecule has 194 valence electrons. The molecule has 2 heterocycles. The predicted molar refractivity (Wildman–Crippen MR) is 171 cm³/mol.